The lowest BCUT2D eigenvalue weighted by molar-refractivity contribution is -0.165. The van der Waals surface area contributed by atoms with Crippen LogP contribution in [0.15, 0.2) is 54.6 Å². The highest BCUT2D eigenvalue weighted by atomic mass is 16.7. The number of ether oxygens (including phenoxy) is 3. The predicted molar refractivity (Wildman–Crippen MR) is 91.4 cm³/mol. The molecule has 0 aliphatic carbocycles. The number of benzene rings is 2. The van der Waals surface area contributed by atoms with E-state index in [0.717, 1.165) is 25.9 Å². The lowest BCUT2D eigenvalue weighted by atomic mass is 10.0. The summed E-state index contributed by atoms with van der Waals surface area (Å²) >= 11 is 0. The van der Waals surface area contributed by atoms with Crippen molar-refractivity contribution < 1.29 is 19.0 Å². The summed E-state index contributed by atoms with van der Waals surface area (Å²) < 4.78 is 16.8. The molecular formula is C20H22O4. The average molecular weight is 326 g/mol. The summed E-state index contributed by atoms with van der Waals surface area (Å²) in [5, 5.41) is 0. The van der Waals surface area contributed by atoms with E-state index in [4.69, 9.17) is 14.2 Å². The van der Waals surface area contributed by atoms with E-state index < -0.39 is 0 Å². The Kier molecular flexibility index (Phi) is 5.99. The monoisotopic (exact) mass is 326 g/mol. The first-order valence-corrected chi connectivity index (χ1v) is 8.39. The van der Waals surface area contributed by atoms with Gasteiger partial charge in [0.05, 0.1) is 6.61 Å². The van der Waals surface area contributed by atoms with Crippen LogP contribution in [0.3, 0.4) is 0 Å². The average Bonchev–Trinajstić information content (AvgIpc) is 2.66. The Morgan fingerprint density at radius 1 is 1.00 bits per heavy atom. The third kappa shape index (κ3) is 4.66. The lowest BCUT2D eigenvalue weighted by Crippen LogP contribution is -2.24. The minimum absolute atomic E-state index is 0.00657. The van der Waals surface area contributed by atoms with Gasteiger partial charge < -0.3 is 14.2 Å². The fraction of sp³-hybridized carbons (Fsp3) is 0.350. The van der Waals surface area contributed by atoms with Crippen LogP contribution in [0, 0.1) is 0 Å². The van der Waals surface area contributed by atoms with Crippen LogP contribution in [-0.2, 0) is 9.47 Å². The van der Waals surface area contributed by atoms with Crippen molar-refractivity contribution in [2.24, 2.45) is 0 Å². The second-order valence-electron chi connectivity index (χ2n) is 5.74. The van der Waals surface area contributed by atoms with Gasteiger partial charge in [-0.1, -0.05) is 42.5 Å². The normalized spacial score (nSPS) is 17.4. The first-order valence-electron chi connectivity index (χ1n) is 8.39. The van der Waals surface area contributed by atoms with Gasteiger partial charge in [-0.05, 0) is 31.4 Å². The standard InChI is InChI=1S/C20H22O4/c21-20(16-7-2-1-3-8-16)17-9-6-10-18(15-17)22-13-14-24-19-11-4-5-12-23-19/h1-3,6-10,15,19H,4-5,11-14H2. The molecule has 4 nitrogen and oxygen atoms in total. The molecule has 0 aromatic heterocycles. The van der Waals surface area contributed by atoms with Crippen LogP contribution < -0.4 is 4.74 Å². The Bertz CT molecular complexity index is 648. The number of hydrogen-bond donors (Lipinski definition) is 0. The van der Waals surface area contributed by atoms with Crippen molar-refractivity contribution in [3.63, 3.8) is 0 Å². The maximum atomic E-state index is 12.4. The van der Waals surface area contributed by atoms with Gasteiger partial charge in [-0.15, -0.1) is 0 Å². The predicted octanol–water partition coefficient (Wildman–Crippen LogP) is 3.84. The topological polar surface area (TPSA) is 44.8 Å². The van der Waals surface area contributed by atoms with E-state index in [9.17, 15) is 4.79 Å². The first-order chi connectivity index (χ1) is 11.8. The molecule has 1 heterocycles. The maximum absolute atomic E-state index is 12.4. The van der Waals surface area contributed by atoms with Gasteiger partial charge in [0.2, 0.25) is 0 Å². The lowest BCUT2D eigenvalue weighted by Gasteiger charge is -2.22. The fourth-order valence-corrected chi connectivity index (χ4v) is 2.67. The molecule has 1 aliphatic heterocycles. The molecule has 126 valence electrons. The van der Waals surface area contributed by atoms with Crippen LogP contribution in [0.25, 0.3) is 0 Å². The molecule has 1 aliphatic rings. The molecule has 0 N–H and O–H groups in total. The van der Waals surface area contributed by atoms with E-state index in [1.165, 1.54) is 0 Å². The molecule has 0 amide bonds. The highest BCUT2D eigenvalue weighted by molar-refractivity contribution is 6.09. The third-order valence-electron chi connectivity index (χ3n) is 3.93. The van der Waals surface area contributed by atoms with Crippen molar-refractivity contribution >= 4 is 5.78 Å². The zero-order valence-electron chi connectivity index (χ0n) is 13.6. The molecular weight excluding hydrogens is 304 g/mol. The molecule has 1 atom stereocenters. The second-order valence-corrected chi connectivity index (χ2v) is 5.74. The summed E-state index contributed by atoms with van der Waals surface area (Å²) in [5.41, 5.74) is 1.29. The molecule has 0 radical (unpaired) electrons. The Morgan fingerprint density at radius 3 is 2.62 bits per heavy atom. The molecule has 4 heteroatoms. The highest BCUT2D eigenvalue weighted by Crippen LogP contribution is 2.17. The number of ketones is 1. The van der Waals surface area contributed by atoms with Crippen molar-refractivity contribution in [3.05, 3.63) is 65.7 Å². The van der Waals surface area contributed by atoms with Crippen LogP contribution >= 0.6 is 0 Å². The quantitative estimate of drug-likeness (QED) is 0.573. The van der Waals surface area contributed by atoms with E-state index in [1.807, 2.05) is 42.5 Å². The van der Waals surface area contributed by atoms with E-state index in [-0.39, 0.29) is 12.1 Å². The number of hydrogen-bond acceptors (Lipinski definition) is 4. The van der Waals surface area contributed by atoms with Crippen LogP contribution in [0.2, 0.25) is 0 Å². The van der Waals surface area contributed by atoms with Crippen LogP contribution in [0.1, 0.15) is 35.2 Å². The summed E-state index contributed by atoms with van der Waals surface area (Å²) in [6.45, 7) is 1.68. The van der Waals surface area contributed by atoms with Crippen molar-refractivity contribution in [3.8, 4) is 5.75 Å². The van der Waals surface area contributed by atoms with Crippen molar-refractivity contribution in [1.82, 2.24) is 0 Å². The van der Waals surface area contributed by atoms with E-state index in [0.29, 0.717) is 30.1 Å². The highest BCUT2D eigenvalue weighted by Gasteiger charge is 2.14. The molecule has 0 saturated carbocycles. The molecule has 0 bridgehead atoms. The van der Waals surface area contributed by atoms with E-state index in [1.54, 1.807) is 12.1 Å². The summed E-state index contributed by atoms with van der Waals surface area (Å²) in [6, 6.07) is 16.5. The van der Waals surface area contributed by atoms with Gasteiger partial charge in [0.1, 0.15) is 12.4 Å². The van der Waals surface area contributed by atoms with Gasteiger partial charge in [-0.2, -0.15) is 0 Å². The summed E-state index contributed by atoms with van der Waals surface area (Å²) in [7, 11) is 0. The molecule has 2 aromatic rings. The Labute approximate surface area is 142 Å². The Hall–Kier alpha value is -2.17. The summed E-state index contributed by atoms with van der Waals surface area (Å²) in [5.74, 6) is 0.665. The molecule has 2 aromatic carbocycles. The molecule has 3 rings (SSSR count). The van der Waals surface area contributed by atoms with Crippen LogP contribution in [0.4, 0.5) is 0 Å². The smallest absolute Gasteiger partial charge is 0.193 e. The fourth-order valence-electron chi connectivity index (χ4n) is 2.67. The SMILES string of the molecule is O=C(c1ccccc1)c1cccc(OCCOC2CCCCO2)c1. The molecule has 0 spiro atoms. The van der Waals surface area contributed by atoms with E-state index >= 15 is 0 Å². The van der Waals surface area contributed by atoms with Crippen LogP contribution in [0.5, 0.6) is 5.75 Å². The number of carbonyl (C=O) groups excluding carboxylic acids is 1. The van der Waals surface area contributed by atoms with Gasteiger partial charge in [0.15, 0.2) is 12.1 Å². The first kappa shape index (κ1) is 16.7. The second kappa shape index (κ2) is 8.62. The van der Waals surface area contributed by atoms with Gasteiger partial charge in [-0.25, -0.2) is 0 Å². The Morgan fingerprint density at radius 2 is 1.83 bits per heavy atom. The van der Waals surface area contributed by atoms with Gasteiger partial charge in [0.25, 0.3) is 0 Å². The van der Waals surface area contributed by atoms with Crippen molar-refractivity contribution in [2.45, 2.75) is 25.6 Å². The number of rotatable bonds is 7. The minimum atomic E-state index is -0.103. The Balaban J connectivity index is 1.51. The van der Waals surface area contributed by atoms with Gasteiger partial charge in [0, 0.05) is 17.7 Å². The summed E-state index contributed by atoms with van der Waals surface area (Å²) in [4.78, 5) is 12.4. The maximum Gasteiger partial charge on any atom is 0.193 e. The van der Waals surface area contributed by atoms with Crippen molar-refractivity contribution in [1.29, 1.82) is 0 Å². The zero-order valence-corrected chi connectivity index (χ0v) is 13.6. The van der Waals surface area contributed by atoms with Crippen molar-refractivity contribution in [2.75, 3.05) is 19.8 Å². The van der Waals surface area contributed by atoms with Gasteiger partial charge in [-0.3, -0.25) is 4.79 Å². The molecule has 1 saturated heterocycles. The van der Waals surface area contributed by atoms with E-state index in [2.05, 4.69) is 0 Å². The summed E-state index contributed by atoms with van der Waals surface area (Å²) in [6.07, 6.45) is 3.10. The van der Waals surface area contributed by atoms with Gasteiger partial charge >= 0.3 is 0 Å². The largest absolute Gasteiger partial charge is 0.491 e. The number of carbonyl (C=O) groups is 1. The van der Waals surface area contributed by atoms with Crippen LogP contribution in [-0.4, -0.2) is 31.9 Å². The molecule has 1 unspecified atom stereocenters. The molecule has 24 heavy (non-hydrogen) atoms. The minimum Gasteiger partial charge on any atom is -0.491 e. The molecule has 1 fully saturated rings. The third-order valence-corrected chi connectivity index (χ3v) is 3.93. The zero-order chi connectivity index (χ0) is 16.6.